The lowest BCUT2D eigenvalue weighted by atomic mass is 10.2. The van der Waals surface area contributed by atoms with Crippen LogP contribution >= 0.6 is 0 Å². The van der Waals surface area contributed by atoms with Crippen molar-refractivity contribution in [1.29, 1.82) is 0 Å². The first-order chi connectivity index (χ1) is 3.66. The van der Waals surface area contributed by atoms with Gasteiger partial charge in [-0.3, -0.25) is 5.32 Å². The molecule has 0 aromatic carbocycles. The number of nitrogens with one attached hydrogen (secondary N) is 1. The van der Waals surface area contributed by atoms with E-state index in [1.807, 2.05) is 6.92 Å². The van der Waals surface area contributed by atoms with Gasteiger partial charge in [0.15, 0.2) is 0 Å². The summed E-state index contributed by atoms with van der Waals surface area (Å²) in [5.41, 5.74) is 0. The summed E-state index contributed by atoms with van der Waals surface area (Å²) in [6.45, 7) is 5.68. The molecule has 0 aliphatic carbocycles. The molecule has 8 heavy (non-hydrogen) atoms. The molecule has 0 saturated heterocycles. The largest absolute Gasteiger partial charge is 0.287 e. The lowest BCUT2D eigenvalue weighted by Gasteiger charge is -2.10. The van der Waals surface area contributed by atoms with Crippen molar-refractivity contribution in [2.24, 2.45) is 0 Å². The minimum atomic E-state index is -0.620. The number of hydrogen-bond acceptors (Lipinski definition) is 1. The van der Waals surface area contributed by atoms with Gasteiger partial charge in [-0.2, -0.15) is 0 Å². The zero-order valence-corrected chi connectivity index (χ0v) is 5.77. The van der Waals surface area contributed by atoms with Gasteiger partial charge in [-0.1, -0.05) is 6.92 Å². The van der Waals surface area contributed by atoms with Crippen LogP contribution in [0.15, 0.2) is 0 Å². The summed E-state index contributed by atoms with van der Waals surface area (Å²) in [5, 5.41) is 13.2. The molecule has 0 heterocycles. The van der Waals surface area contributed by atoms with Gasteiger partial charge in [-0.15, -0.1) is 0 Å². The quantitative estimate of drug-likeness (QED) is 0.551. The fourth-order valence-corrected chi connectivity index (χ4v) is 0.519. The van der Waals surface area contributed by atoms with Crippen LogP contribution in [0, 0.1) is 0 Å². The maximum absolute atomic E-state index is 10.4. The van der Waals surface area contributed by atoms with Crippen LogP contribution in [0.5, 0.6) is 0 Å². The highest BCUT2D eigenvalue weighted by atomic mass is 16.3. The molecule has 2 unspecified atom stereocenters. The van der Waals surface area contributed by atoms with Crippen LogP contribution in [0.25, 0.3) is 0 Å². The summed E-state index contributed by atoms with van der Waals surface area (Å²) >= 11 is 0. The third-order valence-corrected chi connectivity index (χ3v) is 1.13. The van der Waals surface area contributed by atoms with Crippen molar-refractivity contribution >= 4 is 0 Å². The van der Waals surface area contributed by atoms with Crippen molar-refractivity contribution in [3.8, 4) is 0 Å². The minimum absolute atomic E-state index is 0.363. The standard InChI is InChI=1S/C6H14NO/c1-4-5(2)7-6(3)8/h5-7H,4H2,1-3H3. The van der Waals surface area contributed by atoms with Crippen molar-refractivity contribution in [2.45, 2.75) is 39.5 Å². The van der Waals surface area contributed by atoms with Gasteiger partial charge in [0.1, 0.15) is 6.23 Å². The van der Waals surface area contributed by atoms with E-state index >= 15 is 0 Å². The van der Waals surface area contributed by atoms with E-state index in [1.165, 1.54) is 0 Å². The fraction of sp³-hybridized carbons (Fsp3) is 1.00. The van der Waals surface area contributed by atoms with Crippen LogP contribution in [-0.4, -0.2) is 12.3 Å². The first-order valence-corrected chi connectivity index (χ1v) is 3.08. The van der Waals surface area contributed by atoms with E-state index in [1.54, 1.807) is 6.92 Å². The molecule has 0 amide bonds. The molecule has 0 fully saturated rings. The van der Waals surface area contributed by atoms with Crippen LogP contribution in [-0.2, 0) is 5.11 Å². The Kier molecular flexibility index (Phi) is 3.83. The average Bonchev–Trinajstić information content (AvgIpc) is 1.65. The highest BCUT2D eigenvalue weighted by molar-refractivity contribution is 4.55. The second kappa shape index (κ2) is 3.87. The first-order valence-electron chi connectivity index (χ1n) is 3.08. The van der Waals surface area contributed by atoms with Crippen LogP contribution in [0.2, 0.25) is 0 Å². The summed E-state index contributed by atoms with van der Waals surface area (Å²) < 4.78 is 0. The monoisotopic (exact) mass is 116 g/mol. The zero-order chi connectivity index (χ0) is 6.57. The van der Waals surface area contributed by atoms with E-state index in [9.17, 15) is 5.11 Å². The topological polar surface area (TPSA) is 31.9 Å². The van der Waals surface area contributed by atoms with Gasteiger partial charge >= 0.3 is 0 Å². The minimum Gasteiger partial charge on any atom is -0.287 e. The maximum atomic E-state index is 10.4. The van der Waals surface area contributed by atoms with Crippen molar-refractivity contribution < 1.29 is 5.11 Å². The predicted molar refractivity (Wildman–Crippen MR) is 33.0 cm³/mol. The Hall–Kier alpha value is -0.0800. The summed E-state index contributed by atoms with van der Waals surface area (Å²) in [5.74, 6) is 0. The van der Waals surface area contributed by atoms with E-state index in [2.05, 4.69) is 12.2 Å². The molecule has 0 spiro atoms. The van der Waals surface area contributed by atoms with Crippen molar-refractivity contribution in [3.05, 3.63) is 0 Å². The molecule has 1 radical (unpaired) electrons. The van der Waals surface area contributed by atoms with E-state index in [0.29, 0.717) is 6.04 Å². The molecule has 49 valence electrons. The molecule has 0 saturated carbocycles. The molecular formula is C6H14NO. The van der Waals surface area contributed by atoms with Crippen molar-refractivity contribution in [3.63, 3.8) is 0 Å². The van der Waals surface area contributed by atoms with Gasteiger partial charge in [0.05, 0.1) is 0 Å². The third kappa shape index (κ3) is 4.09. The lowest BCUT2D eigenvalue weighted by molar-refractivity contribution is 0.0654. The molecule has 1 N–H and O–H groups in total. The summed E-state index contributed by atoms with van der Waals surface area (Å²) in [6.07, 6.45) is 0.400. The Balaban J connectivity index is 3.10. The molecule has 0 aliphatic heterocycles. The van der Waals surface area contributed by atoms with Crippen LogP contribution in [0.4, 0.5) is 0 Å². The Morgan fingerprint density at radius 3 is 2.12 bits per heavy atom. The first kappa shape index (κ1) is 7.92. The normalized spacial score (nSPS) is 18.0. The van der Waals surface area contributed by atoms with E-state index in [4.69, 9.17) is 0 Å². The van der Waals surface area contributed by atoms with Gasteiger partial charge in [0.2, 0.25) is 0 Å². The Morgan fingerprint density at radius 1 is 1.50 bits per heavy atom. The van der Waals surface area contributed by atoms with E-state index in [0.717, 1.165) is 6.42 Å². The maximum Gasteiger partial charge on any atom is 0.141 e. The Bertz CT molecular complexity index is 54.5. The highest BCUT2D eigenvalue weighted by Crippen LogP contribution is 1.88. The second-order valence-electron chi connectivity index (χ2n) is 2.12. The molecule has 0 rings (SSSR count). The fourth-order valence-electron chi connectivity index (χ4n) is 0.519. The number of rotatable bonds is 3. The predicted octanol–water partition coefficient (Wildman–Crippen LogP) is 1.15. The smallest absolute Gasteiger partial charge is 0.141 e. The molecular weight excluding hydrogens is 102 g/mol. The SMILES string of the molecule is CCC(C)NC(C)[O]. The number of hydrogen-bond donors (Lipinski definition) is 1. The van der Waals surface area contributed by atoms with Gasteiger partial charge in [0.25, 0.3) is 0 Å². The third-order valence-electron chi connectivity index (χ3n) is 1.13. The van der Waals surface area contributed by atoms with Gasteiger partial charge in [-0.05, 0) is 20.3 Å². The van der Waals surface area contributed by atoms with Gasteiger partial charge < -0.3 is 0 Å². The molecule has 2 atom stereocenters. The van der Waals surface area contributed by atoms with Gasteiger partial charge in [0, 0.05) is 6.04 Å². The molecule has 0 aromatic rings. The molecule has 2 nitrogen and oxygen atoms in total. The summed E-state index contributed by atoms with van der Waals surface area (Å²) in [4.78, 5) is 0. The van der Waals surface area contributed by atoms with Crippen LogP contribution in [0.1, 0.15) is 27.2 Å². The zero-order valence-electron chi connectivity index (χ0n) is 5.77. The molecule has 0 aromatic heterocycles. The Labute approximate surface area is 50.9 Å². The molecule has 2 heteroatoms. The van der Waals surface area contributed by atoms with Crippen molar-refractivity contribution in [2.75, 3.05) is 0 Å². The second-order valence-corrected chi connectivity index (χ2v) is 2.12. The van der Waals surface area contributed by atoms with E-state index < -0.39 is 6.23 Å². The van der Waals surface area contributed by atoms with E-state index in [-0.39, 0.29) is 0 Å². The summed E-state index contributed by atoms with van der Waals surface area (Å²) in [7, 11) is 0. The highest BCUT2D eigenvalue weighted by Gasteiger charge is 2.00. The van der Waals surface area contributed by atoms with Crippen LogP contribution < -0.4 is 5.32 Å². The average molecular weight is 116 g/mol. The summed E-state index contributed by atoms with van der Waals surface area (Å²) in [6, 6.07) is 0.363. The lowest BCUT2D eigenvalue weighted by Crippen LogP contribution is -2.32. The molecule has 0 aliphatic rings. The van der Waals surface area contributed by atoms with Crippen LogP contribution in [0.3, 0.4) is 0 Å². The molecule has 0 bridgehead atoms. The Morgan fingerprint density at radius 2 is 2.00 bits per heavy atom. The van der Waals surface area contributed by atoms with Gasteiger partial charge in [-0.25, -0.2) is 5.11 Å². The van der Waals surface area contributed by atoms with Crippen molar-refractivity contribution in [1.82, 2.24) is 5.32 Å².